The van der Waals surface area contributed by atoms with Gasteiger partial charge in [0.1, 0.15) is 12.7 Å². The van der Waals surface area contributed by atoms with Crippen LogP contribution in [0.25, 0.3) is 11.1 Å². The molecule has 0 spiro atoms. The molecule has 0 radical (unpaired) electrons. The van der Waals surface area contributed by atoms with E-state index in [0.717, 1.165) is 0 Å². The molecule has 0 aliphatic carbocycles. The Hall–Kier alpha value is -2.75. The highest BCUT2D eigenvalue weighted by Gasteiger charge is 2.45. The van der Waals surface area contributed by atoms with Crippen molar-refractivity contribution in [2.24, 2.45) is 0 Å². The minimum absolute atomic E-state index is 0.0645. The Labute approximate surface area is 178 Å². The van der Waals surface area contributed by atoms with Crippen molar-refractivity contribution in [2.75, 3.05) is 6.61 Å². The highest BCUT2D eigenvalue weighted by atomic mass is 16.7. The van der Waals surface area contributed by atoms with Gasteiger partial charge in [-0.1, -0.05) is 72.8 Å². The van der Waals surface area contributed by atoms with Gasteiger partial charge in [-0.15, -0.1) is 0 Å². The van der Waals surface area contributed by atoms with Crippen molar-refractivity contribution >= 4 is 6.21 Å². The summed E-state index contributed by atoms with van der Waals surface area (Å²) in [6.07, 6.45) is 2.22. The molecule has 2 aliphatic rings. The standard InChI is InChI=1S/C27H28NO2/c1-19-22-14-9-10-16-24(22)23-15-8-7-13-21(23)17-28(19)25-18-29-27(2,3)30-26(25)20-11-5-4-6-12-20/h4-17,19,25-26H,18H2,1-3H3/q+1/t19-,25+,26+/m1/s1. The van der Waals surface area contributed by atoms with Crippen LogP contribution in [0.3, 0.4) is 0 Å². The van der Waals surface area contributed by atoms with Crippen molar-refractivity contribution in [2.45, 2.75) is 44.7 Å². The largest absolute Gasteiger partial charge is 0.343 e. The zero-order valence-electron chi connectivity index (χ0n) is 17.8. The second-order valence-electron chi connectivity index (χ2n) is 8.65. The number of ether oxygens (including phenoxy) is 2. The van der Waals surface area contributed by atoms with Gasteiger partial charge < -0.3 is 9.47 Å². The molecule has 3 aromatic rings. The third-order valence-electron chi connectivity index (χ3n) is 6.27. The fourth-order valence-electron chi connectivity index (χ4n) is 4.74. The van der Waals surface area contributed by atoms with Gasteiger partial charge in [-0.05, 0) is 36.6 Å². The zero-order valence-corrected chi connectivity index (χ0v) is 17.8. The number of benzene rings is 3. The average molecular weight is 399 g/mol. The summed E-state index contributed by atoms with van der Waals surface area (Å²) < 4.78 is 15.1. The Bertz CT molecular complexity index is 1090. The summed E-state index contributed by atoms with van der Waals surface area (Å²) in [4.78, 5) is 0. The molecule has 3 heteroatoms. The van der Waals surface area contributed by atoms with E-state index in [1.807, 2.05) is 13.8 Å². The van der Waals surface area contributed by atoms with Crippen LogP contribution in [0.1, 0.15) is 49.6 Å². The number of hydrogen-bond acceptors (Lipinski definition) is 2. The van der Waals surface area contributed by atoms with E-state index in [4.69, 9.17) is 9.47 Å². The molecule has 1 fully saturated rings. The van der Waals surface area contributed by atoms with Crippen molar-refractivity contribution in [3.63, 3.8) is 0 Å². The summed E-state index contributed by atoms with van der Waals surface area (Å²) in [5.41, 5.74) is 6.32. The molecule has 0 unspecified atom stereocenters. The van der Waals surface area contributed by atoms with E-state index in [2.05, 4.69) is 96.6 Å². The van der Waals surface area contributed by atoms with Gasteiger partial charge in [0.15, 0.2) is 18.0 Å². The van der Waals surface area contributed by atoms with Crippen molar-refractivity contribution in [3.05, 3.63) is 95.6 Å². The maximum Gasteiger partial charge on any atom is 0.206 e. The Morgan fingerprint density at radius 2 is 1.50 bits per heavy atom. The van der Waals surface area contributed by atoms with Gasteiger partial charge in [0, 0.05) is 18.1 Å². The molecule has 1 saturated heterocycles. The first-order valence-electron chi connectivity index (χ1n) is 10.7. The molecule has 0 aromatic heterocycles. The number of hydrogen-bond donors (Lipinski definition) is 0. The van der Waals surface area contributed by atoms with E-state index in [1.165, 1.54) is 27.8 Å². The normalized spacial score (nSPS) is 24.9. The minimum Gasteiger partial charge on any atom is -0.343 e. The van der Waals surface area contributed by atoms with E-state index in [1.54, 1.807) is 0 Å². The molecule has 3 nitrogen and oxygen atoms in total. The van der Waals surface area contributed by atoms with Gasteiger partial charge in [-0.3, -0.25) is 0 Å². The van der Waals surface area contributed by atoms with Crippen LogP contribution in [-0.4, -0.2) is 29.2 Å². The van der Waals surface area contributed by atoms with Crippen LogP contribution in [0.2, 0.25) is 0 Å². The summed E-state index contributed by atoms with van der Waals surface area (Å²) in [5.74, 6) is -0.609. The monoisotopic (exact) mass is 398 g/mol. The summed E-state index contributed by atoms with van der Waals surface area (Å²) in [7, 11) is 0. The summed E-state index contributed by atoms with van der Waals surface area (Å²) in [6, 6.07) is 28.2. The molecule has 2 heterocycles. The quantitative estimate of drug-likeness (QED) is 0.513. The van der Waals surface area contributed by atoms with Crippen LogP contribution < -0.4 is 0 Å². The van der Waals surface area contributed by atoms with Gasteiger partial charge >= 0.3 is 0 Å². The van der Waals surface area contributed by atoms with Crippen molar-refractivity contribution in [1.82, 2.24) is 0 Å². The molecule has 152 valence electrons. The van der Waals surface area contributed by atoms with Crippen LogP contribution in [0.5, 0.6) is 0 Å². The maximum absolute atomic E-state index is 6.51. The van der Waals surface area contributed by atoms with Gasteiger partial charge in [-0.25, -0.2) is 4.58 Å². The Balaban J connectivity index is 1.66. The van der Waals surface area contributed by atoms with Crippen LogP contribution in [-0.2, 0) is 9.47 Å². The first-order chi connectivity index (χ1) is 14.5. The van der Waals surface area contributed by atoms with Gasteiger partial charge in [0.05, 0.1) is 0 Å². The number of rotatable bonds is 2. The Morgan fingerprint density at radius 3 is 2.30 bits per heavy atom. The lowest BCUT2D eigenvalue weighted by Crippen LogP contribution is -2.49. The predicted molar refractivity (Wildman–Crippen MR) is 120 cm³/mol. The first kappa shape index (κ1) is 19.2. The van der Waals surface area contributed by atoms with Crippen LogP contribution in [0.4, 0.5) is 0 Å². The lowest BCUT2D eigenvalue weighted by atomic mass is 9.93. The molecule has 0 N–H and O–H groups in total. The molecule has 2 aliphatic heterocycles. The van der Waals surface area contributed by atoms with E-state index in [9.17, 15) is 0 Å². The van der Waals surface area contributed by atoms with E-state index in [-0.39, 0.29) is 18.2 Å². The molecule has 0 amide bonds. The van der Waals surface area contributed by atoms with E-state index < -0.39 is 5.79 Å². The second-order valence-corrected chi connectivity index (χ2v) is 8.65. The number of nitrogens with zero attached hydrogens (tertiary/aromatic N) is 1. The van der Waals surface area contributed by atoms with Crippen molar-refractivity contribution in [3.8, 4) is 11.1 Å². The van der Waals surface area contributed by atoms with Crippen LogP contribution in [0, 0.1) is 0 Å². The molecule has 0 bridgehead atoms. The molecule has 3 aromatic carbocycles. The minimum atomic E-state index is -0.609. The van der Waals surface area contributed by atoms with Crippen LogP contribution in [0.15, 0.2) is 78.9 Å². The summed E-state index contributed by atoms with van der Waals surface area (Å²) in [5, 5.41) is 0. The van der Waals surface area contributed by atoms with Gasteiger partial charge in [-0.2, -0.15) is 0 Å². The highest BCUT2D eigenvalue weighted by molar-refractivity contribution is 5.90. The second kappa shape index (κ2) is 7.50. The molecule has 5 rings (SSSR count). The molecular formula is C27H28NO2+. The molecule has 30 heavy (non-hydrogen) atoms. The third-order valence-corrected chi connectivity index (χ3v) is 6.27. The Kier molecular flexibility index (Phi) is 4.80. The lowest BCUT2D eigenvalue weighted by Gasteiger charge is -2.40. The van der Waals surface area contributed by atoms with E-state index in [0.29, 0.717) is 6.61 Å². The topological polar surface area (TPSA) is 21.5 Å². The summed E-state index contributed by atoms with van der Waals surface area (Å²) >= 11 is 0. The highest BCUT2D eigenvalue weighted by Crippen LogP contribution is 2.40. The Morgan fingerprint density at radius 1 is 0.833 bits per heavy atom. The number of fused-ring (bicyclic) bond motifs is 3. The van der Waals surface area contributed by atoms with Crippen molar-refractivity contribution in [1.29, 1.82) is 0 Å². The fraction of sp³-hybridized carbons (Fsp3) is 0.296. The SMILES string of the molecule is C[C@@H]1c2ccccc2-c2ccccc2C=[N+]1[C@H]1COC(C)(C)O[C@H]1c1ccccc1. The zero-order chi connectivity index (χ0) is 20.7. The predicted octanol–water partition coefficient (Wildman–Crippen LogP) is 5.75. The van der Waals surface area contributed by atoms with Gasteiger partial charge in [0.2, 0.25) is 6.04 Å². The smallest absolute Gasteiger partial charge is 0.206 e. The van der Waals surface area contributed by atoms with Gasteiger partial charge in [0.25, 0.3) is 0 Å². The molecular weight excluding hydrogens is 370 g/mol. The van der Waals surface area contributed by atoms with Crippen LogP contribution >= 0.6 is 0 Å². The first-order valence-corrected chi connectivity index (χ1v) is 10.7. The summed E-state index contributed by atoms with van der Waals surface area (Å²) in [6.45, 7) is 6.89. The van der Waals surface area contributed by atoms with E-state index >= 15 is 0 Å². The fourth-order valence-corrected chi connectivity index (χ4v) is 4.74. The van der Waals surface area contributed by atoms with Crippen molar-refractivity contribution < 1.29 is 14.0 Å². The average Bonchev–Trinajstić information content (AvgIpc) is 2.89. The maximum atomic E-state index is 6.51. The molecule has 3 atom stereocenters. The molecule has 0 saturated carbocycles. The lowest BCUT2D eigenvalue weighted by molar-refractivity contribution is -0.626. The third kappa shape index (κ3) is 3.38.